The third-order valence-electron chi connectivity index (χ3n) is 2.47. The predicted octanol–water partition coefficient (Wildman–Crippen LogP) is 1.94. The number of ketones is 1. The van der Waals surface area contributed by atoms with Crippen LogP contribution in [0.5, 0.6) is 0 Å². The summed E-state index contributed by atoms with van der Waals surface area (Å²) in [6.45, 7) is 7.35. The number of carbonyl (C=O) groups excluding carboxylic acids is 2. The van der Waals surface area contributed by atoms with Crippen molar-refractivity contribution in [2.75, 3.05) is 6.61 Å². The van der Waals surface area contributed by atoms with E-state index < -0.39 is 5.41 Å². The Hall–Kier alpha value is -0.860. The number of rotatable bonds is 5. The van der Waals surface area contributed by atoms with E-state index in [2.05, 4.69) is 0 Å². The van der Waals surface area contributed by atoms with E-state index in [-0.39, 0.29) is 18.2 Å². The van der Waals surface area contributed by atoms with Crippen LogP contribution in [0.1, 0.15) is 40.5 Å². The third-order valence-corrected chi connectivity index (χ3v) is 2.47. The maximum atomic E-state index is 11.2. The van der Waals surface area contributed by atoms with E-state index in [4.69, 9.17) is 4.74 Å². The van der Waals surface area contributed by atoms with Gasteiger partial charge in [-0.1, -0.05) is 13.8 Å². The predicted molar refractivity (Wildman–Crippen MR) is 50.3 cm³/mol. The Morgan fingerprint density at radius 1 is 1.31 bits per heavy atom. The second kappa shape index (κ2) is 5.00. The van der Waals surface area contributed by atoms with E-state index in [0.717, 1.165) is 0 Å². The molecule has 0 spiro atoms. The van der Waals surface area contributed by atoms with Gasteiger partial charge in [0.15, 0.2) is 0 Å². The van der Waals surface area contributed by atoms with E-state index in [1.54, 1.807) is 13.8 Å². The fourth-order valence-electron chi connectivity index (χ4n) is 1.03. The minimum absolute atomic E-state index is 0.0445. The number of Topliss-reactive ketones (excluding diaryl/α,β-unsaturated/α-hetero) is 1. The van der Waals surface area contributed by atoms with E-state index in [9.17, 15) is 9.59 Å². The molecule has 0 aromatic carbocycles. The first-order valence-electron chi connectivity index (χ1n) is 4.63. The summed E-state index contributed by atoms with van der Waals surface area (Å²) in [6.07, 6.45) is 0.855. The zero-order valence-electron chi connectivity index (χ0n) is 8.85. The zero-order valence-corrected chi connectivity index (χ0v) is 8.85. The van der Waals surface area contributed by atoms with Crippen molar-refractivity contribution in [1.29, 1.82) is 0 Å². The van der Waals surface area contributed by atoms with Gasteiger partial charge in [-0.3, -0.25) is 9.59 Å². The van der Waals surface area contributed by atoms with Crippen LogP contribution >= 0.6 is 0 Å². The van der Waals surface area contributed by atoms with Crippen LogP contribution < -0.4 is 0 Å². The molecule has 0 aliphatic heterocycles. The molecule has 0 fully saturated rings. The Morgan fingerprint density at radius 2 is 1.85 bits per heavy atom. The highest BCUT2D eigenvalue weighted by Gasteiger charge is 2.31. The van der Waals surface area contributed by atoms with Crippen LogP contribution in [0.3, 0.4) is 0 Å². The summed E-state index contributed by atoms with van der Waals surface area (Å²) in [5, 5.41) is 0. The molecule has 0 saturated heterocycles. The maximum absolute atomic E-state index is 11.2. The summed E-state index contributed by atoms with van der Waals surface area (Å²) in [7, 11) is 0. The Kier molecular flexibility index (Phi) is 4.67. The van der Waals surface area contributed by atoms with Crippen LogP contribution in [0.15, 0.2) is 0 Å². The van der Waals surface area contributed by atoms with Gasteiger partial charge in [0, 0.05) is 5.41 Å². The van der Waals surface area contributed by atoms with Gasteiger partial charge in [-0.05, 0) is 20.3 Å². The molecule has 0 unspecified atom stereocenters. The van der Waals surface area contributed by atoms with Crippen molar-refractivity contribution < 1.29 is 14.3 Å². The topological polar surface area (TPSA) is 43.4 Å². The minimum atomic E-state index is -0.549. The Balaban J connectivity index is 4.27. The van der Waals surface area contributed by atoms with Crippen molar-refractivity contribution >= 4 is 11.8 Å². The SMILES string of the molecule is CCOC(=O)C[C@@](C)(CC)C(C)=O. The molecule has 1 atom stereocenters. The molecule has 0 heterocycles. The summed E-state index contributed by atoms with van der Waals surface area (Å²) >= 11 is 0. The monoisotopic (exact) mass is 186 g/mol. The van der Waals surface area contributed by atoms with Crippen molar-refractivity contribution in [3.05, 3.63) is 0 Å². The molecule has 3 heteroatoms. The van der Waals surface area contributed by atoms with Crippen LogP contribution in [0, 0.1) is 5.41 Å². The Labute approximate surface area is 79.5 Å². The molecule has 0 radical (unpaired) electrons. The maximum Gasteiger partial charge on any atom is 0.306 e. The zero-order chi connectivity index (χ0) is 10.5. The van der Waals surface area contributed by atoms with Crippen molar-refractivity contribution in [2.24, 2.45) is 5.41 Å². The molecule has 0 aromatic heterocycles. The molecule has 3 nitrogen and oxygen atoms in total. The Bertz CT molecular complexity index is 198. The molecule has 0 rings (SSSR count). The molecule has 0 amide bonds. The lowest BCUT2D eigenvalue weighted by atomic mass is 9.80. The molecule has 0 bridgehead atoms. The molecule has 0 aromatic rings. The van der Waals surface area contributed by atoms with Gasteiger partial charge in [-0.25, -0.2) is 0 Å². The van der Waals surface area contributed by atoms with Gasteiger partial charge in [0.1, 0.15) is 5.78 Å². The van der Waals surface area contributed by atoms with Crippen LogP contribution in [-0.4, -0.2) is 18.4 Å². The van der Waals surface area contributed by atoms with E-state index in [0.29, 0.717) is 13.0 Å². The smallest absolute Gasteiger partial charge is 0.306 e. The highest BCUT2D eigenvalue weighted by Crippen LogP contribution is 2.27. The first kappa shape index (κ1) is 12.1. The molecule has 0 saturated carbocycles. The van der Waals surface area contributed by atoms with Crippen LogP contribution in [0.25, 0.3) is 0 Å². The third kappa shape index (κ3) is 3.57. The average molecular weight is 186 g/mol. The second-order valence-corrected chi connectivity index (χ2v) is 3.45. The van der Waals surface area contributed by atoms with Crippen molar-refractivity contribution in [1.82, 2.24) is 0 Å². The van der Waals surface area contributed by atoms with Gasteiger partial charge < -0.3 is 4.74 Å². The molecule has 13 heavy (non-hydrogen) atoms. The highest BCUT2D eigenvalue weighted by molar-refractivity contribution is 5.86. The number of hydrogen-bond donors (Lipinski definition) is 0. The lowest BCUT2D eigenvalue weighted by Crippen LogP contribution is -2.28. The van der Waals surface area contributed by atoms with Gasteiger partial charge >= 0.3 is 5.97 Å². The lowest BCUT2D eigenvalue weighted by molar-refractivity contribution is -0.148. The molecule has 0 aliphatic rings. The molecule has 76 valence electrons. The Morgan fingerprint density at radius 3 is 2.15 bits per heavy atom. The fourth-order valence-corrected chi connectivity index (χ4v) is 1.03. The fraction of sp³-hybridized carbons (Fsp3) is 0.800. The summed E-state index contributed by atoms with van der Waals surface area (Å²) in [5.74, 6) is -0.245. The average Bonchev–Trinajstić information content (AvgIpc) is 2.04. The summed E-state index contributed by atoms with van der Waals surface area (Å²) < 4.78 is 4.80. The molecule has 0 aliphatic carbocycles. The molecular weight excluding hydrogens is 168 g/mol. The van der Waals surface area contributed by atoms with Gasteiger partial charge in [0.2, 0.25) is 0 Å². The summed E-state index contributed by atoms with van der Waals surface area (Å²) in [4.78, 5) is 22.4. The summed E-state index contributed by atoms with van der Waals surface area (Å²) in [5.41, 5.74) is -0.549. The number of ether oxygens (including phenoxy) is 1. The van der Waals surface area contributed by atoms with E-state index in [1.165, 1.54) is 6.92 Å². The first-order chi connectivity index (χ1) is 5.96. The normalized spacial score (nSPS) is 14.8. The van der Waals surface area contributed by atoms with E-state index >= 15 is 0 Å². The standard InChI is InChI=1S/C10H18O3/c1-5-10(4,8(3)11)7-9(12)13-6-2/h5-7H2,1-4H3/t10-/m1/s1. The number of esters is 1. The minimum Gasteiger partial charge on any atom is -0.466 e. The molecule has 0 N–H and O–H groups in total. The largest absolute Gasteiger partial charge is 0.466 e. The van der Waals surface area contributed by atoms with Crippen LogP contribution in [0.4, 0.5) is 0 Å². The quantitative estimate of drug-likeness (QED) is 0.616. The van der Waals surface area contributed by atoms with Crippen molar-refractivity contribution in [3.8, 4) is 0 Å². The van der Waals surface area contributed by atoms with Crippen molar-refractivity contribution in [3.63, 3.8) is 0 Å². The number of hydrogen-bond acceptors (Lipinski definition) is 3. The van der Waals surface area contributed by atoms with Gasteiger partial charge in [0.25, 0.3) is 0 Å². The van der Waals surface area contributed by atoms with Crippen LogP contribution in [-0.2, 0) is 14.3 Å². The molecular formula is C10H18O3. The first-order valence-corrected chi connectivity index (χ1v) is 4.63. The van der Waals surface area contributed by atoms with Crippen LogP contribution in [0.2, 0.25) is 0 Å². The van der Waals surface area contributed by atoms with Gasteiger partial charge in [-0.15, -0.1) is 0 Å². The van der Waals surface area contributed by atoms with Gasteiger partial charge in [-0.2, -0.15) is 0 Å². The van der Waals surface area contributed by atoms with Crippen molar-refractivity contribution in [2.45, 2.75) is 40.5 Å². The lowest BCUT2D eigenvalue weighted by Gasteiger charge is -2.23. The summed E-state index contributed by atoms with van der Waals surface area (Å²) in [6, 6.07) is 0. The van der Waals surface area contributed by atoms with Gasteiger partial charge in [0.05, 0.1) is 13.0 Å². The number of carbonyl (C=O) groups is 2. The van der Waals surface area contributed by atoms with E-state index in [1.807, 2.05) is 6.92 Å². The second-order valence-electron chi connectivity index (χ2n) is 3.45. The highest BCUT2D eigenvalue weighted by atomic mass is 16.5.